The molecule has 16 N–H and O–H groups in total. The summed E-state index contributed by atoms with van der Waals surface area (Å²) in [6.07, 6.45) is 0. The zero-order valence-electron chi connectivity index (χ0n) is 5.78. The molecule has 0 aromatic rings. The summed E-state index contributed by atoms with van der Waals surface area (Å²) in [5, 5.41) is 0. The molecule has 0 fully saturated rings. The first-order valence-electron chi connectivity index (χ1n) is 1.12. The van der Waals surface area contributed by atoms with E-state index in [-0.39, 0.29) is 38.3 Å². The Morgan fingerprint density at radius 1 is 0.700 bits per heavy atom. The highest BCUT2D eigenvalue weighted by Gasteiger charge is 1.32. The SMILES string of the molecule is CCN.O.O.O.O.O.O.O. The molecule has 0 aromatic carbocycles. The number of hydrogen-bond donors (Lipinski definition) is 1. The first kappa shape index (κ1) is 258. The van der Waals surface area contributed by atoms with Crippen LogP contribution in [-0.4, -0.2) is 44.9 Å². The van der Waals surface area contributed by atoms with Crippen LogP contribution in [0.2, 0.25) is 0 Å². The van der Waals surface area contributed by atoms with E-state index in [4.69, 9.17) is 5.73 Å². The van der Waals surface area contributed by atoms with Crippen molar-refractivity contribution >= 4 is 0 Å². The van der Waals surface area contributed by atoms with Crippen LogP contribution in [0.3, 0.4) is 0 Å². The minimum Gasteiger partial charge on any atom is -0.412 e. The van der Waals surface area contributed by atoms with E-state index >= 15 is 0 Å². The van der Waals surface area contributed by atoms with Gasteiger partial charge in [-0.25, -0.2) is 0 Å². The molecular weight excluding hydrogens is 150 g/mol. The lowest BCUT2D eigenvalue weighted by atomic mass is 10.8. The fraction of sp³-hybridized carbons (Fsp3) is 1.00. The van der Waals surface area contributed by atoms with Gasteiger partial charge in [0.25, 0.3) is 0 Å². The maximum Gasteiger partial charge on any atom is -0.0106 e. The highest BCUT2D eigenvalue weighted by atomic mass is 16.0. The highest BCUT2D eigenvalue weighted by Crippen LogP contribution is 1.20. The maximum atomic E-state index is 4.85. The first-order valence-corrected chi connectivity index (χ1v) is 1.12. The van der Waals surface area contributed by atoms with Crippen molar-refractivity contribution in [3.05, 3.63) is 0 Å². The topological polar surface area (TPSA) is 247 Å². The molecule has 0 unspecified atom stereocenters. The zero-order valence-corrected chi connectivity index (χ0v) is 5.78. The molecule has 0 aliphatic heterocycles. The summed E-state index contributed by atoms with van der Waals surface area (Å²) < 4.78 is 0. The van der Waals surface area contributed by atoms with E-state index in [2.05, 4.69) is 0 Å². The predicted molar refractivity (Wildman–Crippen MR) is 40.0 cm³/mol. The van der Waals surface area contributed by atoms with Crippen LogP contribution in [0.4, 0.5) is 0 Å². The molecule has 0 aliphatic carbocycles. The molecule has 0 rings (SSSR count). The van der Waals surface area contributed by atoms with Crippen LogP contribution in [0.15, 0.2) is 0 Å². The standard InChI is InChI=1S/C2H7N.7H2O/c1-2-3;;;;;;;/h2-3H2,1H3;7*1H2. The fourth-order valence-corrected chi connectivity index (χ4v) is 0. The largest absolute Gasteiger partial charge is 0.412 e. The fourth-order valence-electron chi connectivity index (χ4n) is 0. The maximum absolute atomic E-state index is 4.85. The van der Waals surface area contributed by atoms with E-state index in [0.717, 1.165) is 6.54 Å². The van der Waals surface area contributed by atoms with Gasteiger partial charge in [-0.05, 0) is 6.54 Å². The van der Waals surface area contributed by atoms with E-state index in [1.165, 1.54) is 0 Å². The predicted octanol–water partition coefficient (Wildman–Crippen LogP) is -5.81. The van der Waals surface area contributed by atoms with Crippen molar-refractivity contribution in [1.82, 2.24) is 0 Å². The van der Waals surface area contributed by atoms with E-state index in [9.17, 15) is 0 Å². The van der Waals surface area contributed by atoms with Crippen LogP contribution in [0.5, 0.6) is 0 Å². The summed E-state index contributed by atoms with van der Waals surface area (Å²) in [6.45, 7) is 2.65. The average Bonchev–Trinajstić information content (AvgIpc) is 0.918. The minimum absolute atomic E-state index is 0. The lowest BCUT2D eigenvalue weighted by Gasteiger charge is -1.53. The van der Waals surface area contributed by atoms with E-state index < -0.39 is 0 Å². The van der Waals surface area contributed by atoms with Crippen molar-refractivity contribution in [3.8, 4) is 0 Å². The van der Waals surface area contributed by atoms with Crippen LogP contribution < -0.4 is 5.73 Å². The third-order valence-corrected chi connectivity index (χ3v) is 0. The molecule has 10 heavy (non-hydrogen) atoms. The van der Waals surface area contributed by atoms with Gasteiger partial charge in [0.1, 0.15) is 0 Å². The van der Waals surface area contributed by atoms with E-state index in [1.54, 1.807) is 0 Å². The summed E-state index contributed by atoms with van der Waals surface area (Å²) in [5.74, 6) is 0. The smallest absolute Gasteiger partial charge is 0.0106 e. The van der Waals surface area contributed by atoms with Gasteiger partial charge >= 0.3 is 0 Å². The quantitative estimate of drug-likeness (QED) is 0.367. The Hall–Kier alpha value is -0.320. The third kappa shape index (κ3) is 3350. The second-order valence-corrected chi connectivity index (χ2v) is 0.408. The average molecular weight is 171 g/mol. The van der Waals surface area contributed by atoms with Gasteiger partial charge in [-0.2, -0.15) is 0 Å². The van der Waals surface area contributed by atoms with Crippen molar-refractivity contribution in [1.29, 1.82) is 0 Å². The van der Waals surface area contributed by atoms with Gasteiger partial charge in [0.15, 0.2) is 0 Å². The molecule has 0 saturated heterocycles. The summed E-state index contributed by atoms with van der Waals surface area (Å²) >= 11 is 0. The molecule has 0 atom stereocenters. The Balaban J connectivity index is -0.000000000952. The Morgan fingerprint density at radius 2 is 0.700 bits per heavy atom. The summed E-state index contributed by atoms with van der Waals surface area (Å²) in [5.41, 5.74) is 4.85. The van der Waals surface area contributed by atoms with Gasteiger partial charge in [0.2, 0.25) is 0 Å². The Bertz CT molecular complexity index is 11.6. The number of hydrogen-bond acceptors (Lipinski definition) is 1. The Labute approximate surface area is 58.8 Å². The van der Waals surface area contributed by atoms with Crippen LogP contribution in [0, 0.1) is 0 Å². The monoisotopic (exact) mass is 171 g/mol. The lowest BCUT2D eigenvalue weighted by molar-refractivity contribution is 0.823. The first-order chi connectivity index (χ1) is 1.41. The molecule has 76 valence electrons. The van der Waals surface area contributed by atoms with Gasteiger partial charge in [0, 0.05) is 0 Å². The van der Waals surface area contributed by atoms with Crippen molar-refractivity contribution in [2.75, 3.05) is 6.54 Å². The van der Waals surface area contributed by atoms with Crippen LogP contribution >= 0.6 is 0 Å². The van der Waals surface area contributed by atoms with E-state index in [0.29, 0.717) is 0 Å². The normalized spacial score (nSPS) is 1.80. The molecule has 8 nitrogen and oxygen atoms in total. The Kier molecular flexibility index (Phi) is 28600. The van der Waals surface area contributed by atoms with Gasteiger partial charge in [-0.15, -0.1) is 0 Å². The molecule has 0 aromatic heterocycles. The summed E-state index contributed by atoms with van der Waals surface area (Å²) in [6, 6.07) is 0. The summed E-state index contributed by atoms with van der Waals surface area (Å²) in [4.78, 5) is 0. The van der Waals surface area contributed by atoms with Crippen LogP contribution in [0.25, 0.3) is 0 Å². The zero-order chi connectivity index (χ0) is 2.71. The van der Waals surface area contributed by atoms with Crippen molar-refractivity contribution in [3.63, 3.8) is 0 Å². The summed E-state index contributed by atoms with van der Waals surface area (Å²) in [7, 11) is 0. The molecular formula is C2H21NO7. The van der Waals surface area contributed by atoms with Gasteiger partial charge in [-0.3, -0.25) is 0 Å². The van der Waals surface area contributed by atoms with Crippen LogP contribution in [0.1, 0.15) is 6.92 Å². The van der Waals surface area contributed by atoms with Gasteiger partial charge < -0.3 is 44.1 Å². The van der Waals surface area contributed by atoms with Crippen molar-refractivity contribution in [2.24, 2.45) is 5.73 Å². The molecule has 0 aliphatic rings. The minimum atomic E-state index is 0. The molecule has 0 heterocycles. The Morgan fingerprint density at radius 3 is 0.700 bits per heavy atom. The molecule has 0 saturated carbocycles. The molecule has 0 spiro atoms. The number of rotatable bonds is 0. The number of nitrogens with two attached hydrogens (primary N) is 1. The second kappa shape index (κ2) is 1110. The van der Waals surface area contributed by atoms with Gasteiger partial charge in [-0.1, -0.05) is 6.92 Å². The highest BCUT2D eigenvalue weighted by molar-refractivity contribution is 4.00. The second-order valence-electron chi connectivity index (χ2n) is 0.408. The van der Waals surface area contributed by atoms with E-state index in [1.807, 2.05) is 6.92 Å². The van der Waals surface area contributed by atoms with Crippen LogP contribution in [-0.2, 0) is 0 Å². The van der Waals surface area contributed by atoms with Crippen molar-refractivity contribution < 1.29 is 38.3 Å². The van der Waals surface area contributed by atoms with Crippen molar-refractivity contribution in [2.45, 2.75) is 6.92 Å². The van der Waals surface area contributed by atoms with Gasteiger partial charge in [0.05, 0.1) is 0 Å². The molecule has 0 bridgehead atoms. The molecule has 0 radical (unpaired) electrons. The molecule has 8 heteroatoms. The lowest BCUT2D eigenvalue weighted by Crippen LogP contribution is -1.87. The molecule has 0 amide bonds. The third-order valence-electron chi connectivity index (χ3n) is 0.